The Balaban J connectivity index is 1.20. The van der Waals surface area contributed by atoms with Crippen LogP contribution in [0.3, 0.4) is 0 Å². The molecule has 238 valence electrons. The molecule has 0 aliphatic heterocycles. The molecule has 0 fully saturated rings. The van der Waals surface area contributed by atoms with Gasteiger partial charge in [0.25, 0.3) is 0 Å². The van der Waals surface area contributed by atoms with Gasteiger partial charge in [-0.25, -0.2) is 0 Å². The van der Waals surface area contributed by atoms with Crippen molar-refractivity contribution in [1.82, 2.24) is 0 Å². The first-order valence-corrected chi connectivity index (χ1v) is 17.6. The summed E-state index contributed by atoms with van der Waals surface area (Å²) < 4.78 is 6.78. The molecule has 0 saturated heterocycles. The number of anilines is 3. The van der Waals surface area contributed by atoms with Crippen LogP contribution in [0.5, 0.6) is 0 Å². The third-order valence-corrected chi connectivity index (χ3v) is 11.1. The Bertz CT molecular complexity index is 2750. The number of para-hydroxylation sites is 2. The molecule has 1 heterocycles. The van der Waals surface area contributed by atoms with E-state index in [0.29, 0.717) is 0 Å². The van der Waals surface area contributed by atoms with Crippen molar-refractivity contribution >= 4 is 39.0 Å². The van der Waals surface area contributed by atoms with Gasteiger partial charge in [-0.3, -0.25) is 0 Å². The second-order valence-corrected chi connectivity index (χ2v) is 13.6. The predicted molar refractivity (Wildman–Crippen MR) is 210 cm³/mol. The summed E-state index contributed by atoms with van der Waals surface area (Å²) in [5.74, 6) is 0. The molecule has 0 unspecified atom stereocenters. The quantitative estimate of drug-likeness (QED) is 0.189. The highest BCUT2D eigenvalue weighted by Crippen LogP contribution is 2.64. The molecule has 1 aromatic heterocycles. The van der Waals surface area contributed by atoms with Crippen LogP contribution in [0, 0.1) is 0 Å². The zero-order valence-electron chi connectivity index (χ0n) is 27.8. The summed E-state index contributed by atoms with van der Waals surface area (Å²) in [4.78, 5) is 2.38. The van der Waals surface area contributed by atoms with Crippen LogP contribution in [-0.4, -0.2) is 0 Å². The molecule has 0 bridgehead atoms. The number of benzene rings is 8. The first-order valence-electron chi connectivity index (χ1n) is 17.6. The molecule has 0 N–H and O–H groups in total. The Morgan fingerprint density at radius 3 is 1.71 bits per heavy atom. The molecule has 0 radical (unpaired) electrons. The van der Waals surface area contributed by atoms with Crippen LogP contribution in [0.25, 0.3) is 55.3 Å². The summed E-state index contributed by atoms with van der Waals surface area (Å²) in [5, 5.41) is 2.30. The lowest BCUT2D eigenvalue weighted by Crippen LogP contribution is -2.26. The normalized spacial score (nSPS) is 13.3. The lowest BCUT2D eigenvalue weighted by atomic mass is 9.70. The van der Waals surface area contributed by atoms with Crippen molar-refractivity contribution in [3.8, 4) is 33.4 Å². The predicted octanol–water partition coefficient (Wildman–Crippen LogP) is 13.1. The van der Waals surface area contributed by atoms with Gasteiger partial charge < -0.3 is 9.32 Å². The van der Waals surface area contributed by atoms with Crippen LogP contribution in [0.2, 0.25) is 0 Å². The van der Waals surface area contributed by atoms with E-state index in [0.717, 1.165) is 39.0 Å². The number of furan rings is 1. The summed E-state index contributed by atoms with van der Waals surface area (Å²) in [5.41, 5.74) is 17.3. The standard InChI is InChI=1S/C49H31NO/c1-3-13-32(14-4-1)33-23-25-35(26-24-33)50(34-15-5-2-6-16-34)36-27-28-41-45(31-36)49(42-20-10-7-17-37(42)38-18-8-11-21-43(38)49)44-30-29-40-39-19-9-12-22-46(39)51-48(40)47(41)44/h1-31H. The molecule has 9 aromatic rings. The van der Waals surface area contributed by atoms with Gasteiger partial charge in [-0.15, -0.1) is 0 Å². The highest BCUT2D eigenvalue weighted by Gasteiger charge is 2.52. The van der Waals surface area contributed by atoms with Gasteiger partial charge in [-0.2, -0.15) is 0 Å². The highest BCUT2D eigenvalue weighted by molar-refractivity contribution is 6.13. The first-order chi connectivity index (χ1) is 25.3. The van der Waals surface area contributed by atoms with Crippen molar-refractivity contribution in [3.05, 3.63) is 210 Å². The van der Waals surface area contributed by atoms with Gasteiger partial charge in [0.1, 0.15) is 11.2 Å². The van der Waals surface area contributed by atoms with E-state index in [2.05, 4.69) is 193 Å². The van der Waals surface area contributed by atoms with E-state index in [1.54, 1.807) is 0 Å². The molecule has 51 heavy (non-hydrogen) atoms. The van der Waals surface area contributed by atoms with E-state index in [-0.39, 0.29) is 0 Å². The monoisotopic (exact) mass is 649 g/mol. The van der Waals surface area contributed by atoms with Gasteiger partial charge in [0.2, 0.25) is 0 Å². The van der Waals surface area contributed by atoms with E-state index >= 15 is 0 Å². The van der Waals surface area contributed by atoms with Crippen LogP contribution >= 0.6 is 0 Å². The fraction of sp³-hybridized carbons (Fsp3) is 0.0204. The molecule has 2 aliphatic rings. The second-order valence-electron chi connectivity index (χ2n) is 13.6. The zero-order chi connectivity index (χ0) is 33.5. The van der Waals surface area contributed by atoms with Crippen LogP contribution in [0.1, 0.15) is 22.3 Å². The molecule has 2 aliphatic carbocycles. The van der Waals surface area contributed by atoms with Crippen LogP contribution < -0.4 is 4.90 Å². The topological polar surface area (TPSA) is 16.4 Å². The Hall–Kier alpha value is -6.64. The Kier molecular flexibility index (Phi) is 5.91. The SMILES string of the molecule is c1ccc(-c2ccc(N(c3ccccc3)c3ccc4c(c3)C3(c5ccccc5-c5ccccc53)c3ccc5c(oc6ccccc65)c3-4)cc2)cc1. The second kappa shape index (κ2) is 10.7. The zero-order valence-corrected chi connectivity index (χ0v) is 27.8. The Labute approximate surface area is 296 Å². The van der Waals surface area contributed by atoms with E-state index in [1.165, 1.54) is 55.6 Å². The van der Waals surface area contributed by atoms with Crippen molar-refractivity contribution < 1.29 is 4.42 Å². The summed E-state index contributed by atoms with van der Waals surface area (Å²) in [6, 6.07) is 68.3. The summed E-state index contributed by atoms with van der Waals surface area (Å²) >= 11 is 0. The minimum atomic E-state index is -0.499. The van der Waals surface area contributed by atoms with E-state index < -0.39 is 5.41 Å². The number of hydrogen-bond donors (Lipinski definition) is 0. The fourth-order valence-corrected chi connectivity index (χ4v) is 8.99. The van der Waals surface area contributed by atoms with Crippen molar-refractivity contribution in [3.63, 3.8) is 0 Å². The van der Waals surface area contributed by atoms with E-state index in [9.17, 15) is 0 Å². The van der Waals surface area contributed by atoms with Gasteiger partial charge in [-0.05, 0) is 92.5 Å². The molecule has 0 amide bonds. The number of nitrogens with zero attached hydrogens (tertiary/aromatic N) is 1. The summed E-state index contributed by atoms with van der Waals surface area (Å²) in [6.07, 6.45) is 0. The Morgan fingerprint density at radius 2 is 0.961 bits per heavy atom. The lowest BCUT2D eigenvalue weighted by molar-refractivity contribution is 0.669. The third kappa shape index (κ3) is 3.87. The maximum atomic E-state index is 6.78. The van der Waals surface area contributed by atoms with Gasteiger partial charge in [-0.1, -0.05) is 146 Å². The van der Waals surface area contributed by atoms with Gasteiger partial charge in [0, 0.05) is 33.4 Å². The molecule has 8 aromatic carbocycles. The number of fused-ring (bicyclic) bond motifs is 14. The lowest BCUT2D eigenvalue weighted by Gasteiger charge is -2.32. The fourth-order valence-electron chi connectivity index (χ4n) is 8.99. The Morgan fingerprint density at radius 1 is 0.373 bits per heavy atom. The third-order valence-electron chi connectivity index (χ3n) is 11.1. The maximum absolute atomic E-state index is 6.78. The largest absolute Gasteiger partial charge is 0.455 e. The van der Waals surface area contributed by atoms with Crippen molar-refractivity contribution in [2.45, 2.75) is 5.41 Å². The molecule has 2 heteroatoms. The minimum absolute atomic E-state index is 0.499. The number of rotatable bonds is 4. The maximum Gasteiger partial charge on any atom is 0.143 e. The average molecular weight is 650 g/mol. The molecule has 11 rings (SSSR count). The summed E-state index contributed by atoms with van der Waals surface area (Å²) in [7, 11) is 0. The van der Waals surface area contributed by atoms with E-state index in [4.69, 9.17) is 4.42 Å². The molecule has 0 atom stereocenters. The highest BCUT2D eigenvalue weighted by atomic mass is 16.3. The van der Waals surface area contributed by atoms with E-state index in [1.807, 2.05) is 0 Å². The minimum Gasteiger partial charge on any atom is -0.455 e. The van der Waals surface area contributed by atoms with Crippen LogP contribution in [0.15, 0.2) is 192 Å². The van der Waals surface area contributed by atoms with Crippen LogP contribution in [-0.2, 0) is 5.41 Å². The smallest absolute Gasteiger partial charge is 0.143 e. The van der Waals surface area contributed by atoms with Crippen molar-refractivity contribution in [1.29, 1.82) is 0 Å². The molecular formula is C49H31NO. The van der Waals surface area contributed by atoms with Gasteiger partial charge >= 0.3 is 0 Å². The van der Waals surface area contributed by atoms with Crippen molar-refractivity contribution in [2.24, 2.45) is 0 Å². The van der Waals surface area contributed by atoms with Crippen molar-refractivity contribution in [2.75, 3.05) is 4.90 Å². The summed E-state index contributed by atoms with van der Waals surface area (Å²) in [6.45, 7) is 0. The number of hydrogen-bond acceptors (Lipinski definition) is 2. The van der Waals surface area contributed by atoms with Gasteiger partial charge in [0.05, 0.1) is 5.41 Å². The molecular weight excluding hydrogens is 619 g/mol. The molecule has 0 saturated carbocycles. The van der Waals surface area contributed by atoms with Gasteiger partial charge in [0.15, 0.2) is 0 Å². The van der Waals surface area contributed by atoms with Crippen LogP contribution in [0.4, 0.5) is 17.1 Å². The molecule has 2 nitrogen and oxygen atoms in total. The average Bonchev–Trinajstić information content (AvgIpc) is 3.83. The first kappa shape index (κ1) is 28.2. The molecule has 1 spiro atoms.